The highest BCUT2D eigenvalue weighted by Gasteiger charge is 2.08. The number of carbonyl (C=O) groups excluding carboxylic acids is 1. The number of esters is 1. The number of benzene rings is 1. The van der Waals surface area contributed by atoms with Crippen molar-refractivity contribution in [2.75, 3.05) is 12.8 Å². The number of hydrogen-bond donors (Lipinski definition) is 1. The first-order valence-corrected chi connectivity index (χ1v) is 6.81. The van der Waals surface area contributed by atoms with Gasteiger partial charge in [0.1, 0.15) is 11.5 Å². The second kappa shape index (κ2) is 6.38. The largest absolute Gasteiger partial charge is 0.464 e. The molecule has 0 fully saturated rings. The normalized spacial score (nSPS) is 10.3. The number of nitrogens with zero attached hydrogens (tertiary/aromatic N) is 1. The van der Waals surface area contributed by atoms with Gasteiger partial charge in [0, 0.05) is 16.3 Å². The monoisotopic (exact) mass is 292 g/mol. The molecule has 0 amide bonds. The number of aromatic nitrogens is 1. The Kier molecular flexibility index (Phi) is 4.57. The maximum absolute atomic E-state index is 13.1. The van der Waals surface area contributed by atoms with Crippen LogP contribution in [0.5, 0.6) is 0 Å². The van der Waals surface area contributed by atoms with Gasteiger partial charge in [0.25, 0.3) is 0 Å². The minimum Gasteiger partial charge on any atom is -0.464 e. The maximum atomic E-state index is 13.1. The van der Waals surface area contributed by atoms with Crippen LogP contribution in [0.4, 0.5) is 10.1 Å². The Balaban J connectivity index is 2.11. The van der Waals surface area contributed by atoms with Crippen molar-refractivity contribution in [1.82, 2.24) is 4.98 Å². The van der Waals surface area contributed by atoms with Crippen LogP contribution in [0.25, 0.3) is 0 Å². The molecule has 0 unspecified atom stereocenters. The average Bonchev–Trinajstić information content (AvgIpc) is 2.47. The second-order valence-electron chi connectivity index (χ2n) is 3.98. The molecule has 1 aromatic carbocycles. The van der Waals surface area contributed by atoms with Gasteiger partial charge in [-0.3, -0.25) is 0 Å². The van der Waals surface area contributed by atoms with Crippen molar-refractivity contribution >= 4 is 23.4 Å². The molecular weight excluding hydrogens is 279 g/mol. The molecule has 20 heavy (non-hydrogen) atoms. The number of anilines is 1. The number of nitrogens with two attached hydrogens (primary N) is 1. The summed E-state index contributed by atoms with van der Waals surface area (Å²) < 4.78 is 17.8. The molecule has 2 aromatic rings. The van der Waals surface area contributed by atoms with Gasteiger partial charge in [0.15, 0.2) is 0 Å². The van der Waals surface area contributed by atoms with Crippen molar-refractivity contribution in [1.29, 1.82) is 0 Å². The molecule has 0 saturated carbocycles. The van der Waals surface area contributed by atoms with Gasteiger partial charge in [0.2, 0.25) is 0 Å². The van der Waals surface area contributed by atoms with E-state index in [1.807, 2.05) is 0 Å². The third-order valence-corrected chi connectivity index (χ3v) is 3.66. The highest BCUT2D eigenvalue weighted by molar-refractivity contribution is 7.98. The number of carbonyl (C=O) groups is 1. The van der Waals surface area contributed by atoms with Gasteiger partial charge in [0.05, 0.1) is 12.8 Å². The minimum absolute atomic E-state index is 0.248. The van der Waals surface area contributed by atoms with E-state index in [-0.39, 0.29) is 11.5 Å². The van der Waals surface area contributed by atoms with Crippen LogP contribution in [-0.2, 0) is 10.5 Å². The van der Waals surface area contributed by atoms with Crippen molar-refractivity contribution in [3.8, 4) is 0 Å². The molecule has 2 N–H and O–H groups in total. The third kappa shape index (κ3) is 3.48. The Labute approximate surface area is 120 Å². The molecule has 0 aliphatic carbocycles. The highest BCUT2D eigenvalue weighted by Crippen LogP contribution is 2.28. The zero-order valence-corrected chi connectivity index (χ0v) is 11.6. The van der Waals surface area contributed by atoms with Gasteiger partial charge in [-0.1, -0.05) is 6.07 Å². The SMILES string of the molecule is COC(=O)c1cccc(CSc2cc(F)ccc2N)n1. The van der Waals surface area contributed by atoms with Crippen LogP contribution in [0, 0.1) is 5.82 Å². The lowest BCUT2D eigenvalue weighted by molar-refractivity contribution is 0.0594. The summed E-state index contributed by atoms with van der Waals surface area (Å²) >= 11 is 1.36. The first-order chi connectivity index (χ1) is 9.60. The van der Waals surface area contributed by atoms with Gasteiger partial charge in [-0.05, 0) is 30.3 Å². The summed E-state index contributed by atoms with van der Waals surface area (Å²) in [5.74, 6) is -0.335. The standard InChI is InChI=1S/C14H13FN2O2S/c1-19-14(18)12-4-2-3-10(17-12)8-20-13-7-9(15)5-6-11(13)16/h2-7H,8,16H2,1H3. The first-order valence-electron chi connectivity index (χ1n) is 5.82. The highest BCUT2D eigenvalue weighted by atomic mass is 32.2. The lowest BCUT2D eigenvalue weighted by Gasteiger charge is -2.06. The summed E-state index contributed by atoms with van der Waals surface area (Å²) in [6.45, 7) is 0. The van der Waals surface area contributed by atoms with Crippen LogP contribution in [0.2, 0.25) is 0 Å². The molecule has 0 atom stereocenters. The lowest BCUT2D eigenvalue weighted by atomic mass is 10.3. The summed E-state index contributed by atoms with van der Waals surface area (Å²) in [7, 11) is 1.30. The molecule has 6 heteroatoms. The Morgan fingerprint density at radius 3 is 2.95 bits per heavy atom. The number of nitrogen functional groups attached to an aromatic ring is 1. The van der Waals surface area contributed by atoms with Crippen LogP contribution in [0.15, 0.2) is 41.3 Å². The van der Waals surface area contributed by atoms with E-state index in [0.717, 1.165) is 0 Å². The molecule has 104 valence electrons. The maximum Gasteiger partial charge on any atom is 0.356 e. The summed E-state index contributed by atoms with van der Waals surface area (Å²) in [4.78, 5) is 16.2. The summed E-state index contributed by atoms with van der Waals surface area (Å²) in [5, 5.41) is 0. The molecule has 1 heterocycles. The van der Waals surface area contributed by atoms with Crippen LogP contribution in [-0.4, -0.2) is 18.1 Å². The van der Waals surface area contributed by atoms with E-state index in [0.29, 0.717) is 22.0 Å². The van der Waals surface area contributed by atoms with Crippen molar-refractivity contribution in [3.63, 3.8) is 0 Å². The van der Waals surface area contributed by atoms with E-state index in [9.17, 15) is 9.18 Å². The predicted octanol–water partition coefficient (Wildman–Crippen LogP) is 2.88. The molecule has 0 bridgehead atoms. The molecule has 0 radical (unpaired) electrons. The fourth-order valence-corrected chi connectivity index (χ4v) is 2.46. The number of thioether (sulfide) groups is 1. The Bertz CT molecular complexity index is 634. The fraction of sp³-hybridized carbons (Fsp3) is 0.143. The van der Waals surface area contributed by atoms with E-state index >= 15 is 0 Å². The van der Waals surface area contributed by atoms with E-state index in [4.69, 9.17) is 5.73 Å². The molecular formula is C14H13FN2O2S. The van der Waals surface area contributed by atoms with Crippen molar-refractivity contribution < 1.29 is 13.9 Å². The summed E-state index contributed by atoms with van der Waals surface area (Å²) in [6.07, 6.45) is 0. The van der Waals surface area contributed by atoms with Crippen LogP contribution < -0.4 is 5.73 Å². The van der Waals surface area contributed by atoms with Crippen molar-refractivity contribution in [2.24, 2.45) is 0 Å². The quantitative estimate of drug-likeness (QED) is 0.533. The van der Waals surface area contributed by atoms with Gasteiger partial charge >= 0.3 is 5.97 Å². The fourth-order valence-electron chi connectivity index (χ4n) is 1.56. The number of methoxy groups -OCH3 is 1. The Hall–Kier alpha value is -2.08. The van der Waals surface area contributed by atoms with E-state index in [1.165, 1.54) is 37.1 Å². The van der Waals surface area contributed by atoms with E-state index < -0.39 is 5.97 Å². The summed E-state index contributed by atoms with van der Waals surface area (Å²) in [6, 6.07) is 9.31. The Morgan fingerprint density at radius 1 is 1.40 bits per heavy atom. The number of halogens is 1. The van der Waals surface area contributed by atoms with Crippen LogP contribution >= 0.6 is 11.8 Å². The second-order valence-corrected chi connectivity index (χ2v) is 4.99. The predicted molar refractivity (Wildman–Crippen MR) is 75.9 cm³/mol. The number of ether oxygens (including phenoxy) is 1. The number of hydrogen-bond acceptors (Lipinski definition) is 5. The smallest absolute Gasteiger partial charge is 0.356 e. The lowest BCUT2D eigenvalue weighted by Crippen LogP contribution is -2.05. The molecule has 0 spiro atoms. The summed E-state index contributed by atoms with van der Waals surface area (Å²) in [5.41, 5.74) is 7.23. The third-order valence-electron chi connectivity index (χ3n) is 2.55. The van der Waals surface area contributed by atoms with E-state index in [1.54, 1.807) is 18.2 Å². The van der Waals surface area contributed by atoms with Gasteiger partial charge < -0.3 is 10.5 Å². The molecule has 0 aliphatic rings. The molecule has 4 nitrogen and oxygen atoms in total. The van der Waals surface area contributed by atoms with Gasteiger partial charge in [-0.25, -0.2) is 14.2 Å². The first kappa shape index (κ1) is 14.3. The molecule has 2 rings (SSSR count). The minimum atomic E-state index is -0.484. The molecule has 0 saturated heterocycles. The molecule has 1 aromatic heterocycles. The number of rotatable bonds is 4. The Morgan fingerprint density at radius 2 is 2.20 bits per heavy atom. The van der Waals surface area contributed by atoms with Crippen LogP contribution in [0.3, 0.4) is 0 Å². The van der Waals surface area contributed by atoms with Crippen molar-refractivity contribution in [2.45, 2.75) is 10.6 Å². The number of pyridine rings is 1. The molecule has 0 aliphatic heterocycles. The zero-order chi connectivity index (χ0) is 14.5. The average molecular weight is 292 g/mol. The van der Waals surface area contributed by atoms with E-state index in [2.05, 4.69) is 9.72 Å². The topological polar surface area (TPSA) is 65.2 Å². The zero-order valence-electron chi connectivity index (χ0n) is 10.8. The van der Waals surface area contributed by atoms with Crippen LogP contribution in [0.1, 0.15) is 16.2 Å². The van der Waals surface area contributed by atoms with Crippen molar-refractivity contribution in [3.05, 3.63) is 53.6 Å². The van der Waals surface area contributed by atoms with Gasteiger partial charge in [-0.15, -0.1) is 11.8 Å². The van der Waals surface area contributed by atoms with Gasteiger partial charge in [-0.2, -0.15) is 0 Å².